The molecule has 0 fully saturated rings. The standard InChI is InChI=1S/C50H34N2O2S2/c53-49-38-28-22-34(32-19-25-36(26-20-32)52-43-11-3-7-15-47(43)56-48-16-8-4-12-44(48)52)30-40(38)50(54)37-27-21-33(29-39(37)49)31-17-23-35(24-18-31)51-41-9-1-5-13-45(41)55-46-14-6-2-10-42(46)51/h1-5,7,9-13,15,17-30H,6,8,14,16H2. The van der Waals surface area contributed by atoms with E-state index in [1.54, 1.807) is 0 Å². The summed E-state index contributed by atoms with van der Waals surface area (Å²) in [6.45, 7) is 0. The third-order valence-corrected chi connectivity index (χ3v) is 13.7. The predicted molar refractivity (Wildman–Crippen MR) is 230 cm³/mol. The molecular weight excluding hydrogens is 725 g/mol. The number of hydrogen-bond donors (Lipinski definition) is 0. The number of rotatable bonds is 4. The molecule has 0 unspecified atom stereocenters. The number of anilines is 4. The van der Waals surface area contributed by atoms with Crippen molar-refractivity contribution in [2.24, 2.45) is 0 Å². The van der Waals surface area contributed by atoms with Gasteiger partial charge >= 0.3 is 0 Å². The molecule has 2 aliphatic heterocycles. The van der Waals surface area contributed by atoms with E-state index in [1.165, 1.54) is 42.4 Å². The van der Waals surface area contributed by atoms with Crippen molar-refractivity contribution in [2.75, 3.05) is 9.80 Å². The lowest BCUT2D eigenvalue weighted by Crippen LogP contribution is -2.21. The number of hydrogen-bond acceptors (Lipinski definition) is 6. The van der Waals surface area contributed by atoms with Gasteiger partial charge in [0.15, 0.2) is 11.6 Å². The monoisotopic (exact) mass is 758 g/mol. The van der Waals surface area contributed by atoms with Gasteiger partial charge in [0.05, 0.1) is 22.8 Å². The molecular formula is C50H34N2O2S2. The molecule has 0 radical (unpaired) electrons. The number of carbonyl (C=O) groups excluding carboxylic acids is 2. The summed E-state index contributed by atoms with van der Waals surface area (Å²) in [6.07, 6.45) is 13.2. The minimum Gasteiger partial charge on any atom is -0.309 e. The SMILES string of the molecule is O=C1c2ccc(-c3ccc(N4C5=C(CCC=C5)Sc5ccccc54)cc3)cc2C(=O)c2ccc(-c3ccc(N4C5=C(CCC=C5)Sc5ccccc54)cc3)cc21. The number of nitrogens with zero attached hydrogens (tertiary/aromatic N) is 2. The van der Waals surface area contributed by atoms with Crippen molar-refractivity contribution in [3.05, 3.63) is 201 Å². The number of thioether (sulfide) groups is 2. The molecule has 11 rings (SSSR count). The minimum absolute atomic E-state index is 0.118. The molecule has 0 spiro atoms. The molecule has 0 bridgehead atoms. The van der Waals surface area contributed by atoms with Crippen LogP contribution in [0.25, 0.3) is 22.3 Å². The Kier molecular flexibility index (Phi) is 7.90. The fourth-order valence-electron chi connectivity index (χ4n) is 8.52. The fourth-order valence-corrected chi connectivity index (χ4v) is 10.8. The van der Waals surface area contributed by atoms with Gasteiger partial charge in [-0.15, -0.1) is 0 Å². The Labute approximate surface area is 334 Å². The first-order chi connectivity index (χ1) is 27.6. The fraction of sp³-hybridized carbons (Fsp3) is 0.0800. The van der Waals surface area contributed by atoms with Crippen LogP contribution in [0.1, 0.15) is 57.5 Å². The Morgan fingerprint density at radius 1 is 0.429 bits per heavy atom. The van der Waals surface area contributed by atoms with Gasteiger partial charge in [-0.1, -0.05) is 96.3 Å². The van der Waals surface area contributed by atoms with E-state index in [2.05, 4.69) is 131 Å². The third-order valence-electron chi connectivity index (χ3n) is 11.3. The quantitative estimate of drug-likeness (QED) is 0.178. The number of ketones is 2. The van der Waals surface area contributed by atoms with Crippen molar-refractivity contribution in [2.45, 2.75) is 35.5 Å². The first kappa shape index (κ1) is 33.3. The highest BCUT2D eigenvalue weighted by Gasteiger charge is 2.32. The zero-order chi connectivity index (χ0) is 37.3. The number of para-hydroxylation sites is 2. The first-order valence-corrected chi connectivity index (χ1v) is 20.7. The minimum atomic E-state index is -0.118. The third kappa shape index (κ3) is 5.39. The summed E-state index contributed by atoms with van der Waals surface area (Å²) in [5, 5.41) is 0. The van der Waals surface area contributed by atoms with Gasteiger partial charge in [0.25, 0.3) is 0 Å². The molecule has 0 aromatic heterocycles. The van der Waals surface area contributed by atoms with Gasteiger partial charge in [0, 0.05) is 53.2 Å². The number of allylic oxidation sites excluding steroid dienone is 6. The summed E-state index contributed by atoms with van der Waals surface area (Å²) in [7, 11) is 0. The van der Waals surface area contributed by atoms with E-state index < -0.39 is 0 Å². The zero-order valence-corrected chi connectivity index (χ0v) is 32.0. The van der Waals surface area contributed by atoms with Gasteiger partial charge in [0.1, 0.15) is 0 Å². The largest absolute Gasteiger partial charge is 0.309 e. The maximum Gasteiger partial charge on any atom is 0.194 e. The van der Waals surface area contributed by atoms with Crippen LogP contribution in [0.3, 0.4) is 0 Å². The van der Waals surface area contributed by atoms with Gasteiger partial charge in [-0.05, 0) is 133 Å². The highest BCUT2D eigenvalue weighted by Crippen LogP contribution is 2.51. The van der Waals surface area contributed by atoms with E-state index in [-0.39, 0.29) is 11.6 Å². The predicted octanol–water partition coefficient (Wildman–Crippen LogP) is 13.4. The average Bonchev–Trinajstić information content (AvgIpc) is 3.26. The van der Waals surface area contributed by atoms with Crippen molar-refractivity contribution >= 4 is 57.8 Å². The molecule has 3 aliphatic carbocycles. The summed E-state index contributed by atoms with van der Waals surface area (Å²) < 4.78 is 0. The highest BCUT2D eigenvalue weighted by atomic mass is 32.2. The van der Waals surface area contributed by atoms with E-state index in [1.807, 2.05) is 59.9 Å². The van der Waals surface area contributed by atoms with E-state index in [9.17, 15) is 9.59 Å². The van der Waals surface area contributed by atoms with Gasteiger partial charge in [0.2, 0.25) is 0 Å². The molecule has 6 aromatic carbocycles. The normalized spacial score (nSPS) is 16.6. The molecule has 5 aliphatic rings. The Balaban J connectivity index is 0.874. The summed E-state index contributed by atoms with van der Waals surface area (Å²) >= 11 is 3.75. The molecule has 56 heavy (non-hydrogen) atoms. The smallest absolute Gasteiger partial charge is 0.194 e. The molecule has 6 aromatic rings. The molecule has 0 saturated carbocycles. The molecule has 2 heterocycles. The molecule has 0 atom stereocenters. The second-order valence-corrected chi connectivity index (χ2v) is 16.9. The maximum atomic E-state index is 14.0. The van der Waals surface area contributed by atoms with Crippen molar-refractivity contribution in [3.63, 3.8) is 0 Å². The molecule has 0 N–H and O–H groups in total. The lowest BCUT2D eigenvalue weighted by Gasteiger charge is -2.35. The Morgan fingerprint density at radius 2 is 0.839 bits per heavy atom. The van der Waals surface area contributed by atoms with E-state index in [0.29, 0.717) is 22.3 Å². The number of benzene rings is 6. The van der Waals surface area contributed by atoms with Gasteiger partial charge in [-0.25, -0.2) is 0 Å². The summed E-state index contributed by atoms with van der Waals surface area (Å²) in [4.78, 5) is 38.1. The van der Waals surface area contributed by atoms with Crippen molar-refractivity contribution < 1.29 is 9.59 Å². The maximum absolute atomic E-state index is 14.0. The lowest BCUT2D eigenvalue weighted by atomic mass is 9.81. The van der Waals surface area contributed by atoms with Crippen LogP contribution in [0.15, 0.2) is 189 Å². The van der Waals surface area contributed by atoms with Crippen molar-refractivity contribution in [1.29, 1.82) is 0 Å². The van der Waals surface area contributed by atoms with Gasteiger partial charge in [-0.3, -0.25) is 9.59 Å². The van der Waals surface area contributed by atoms with Crippen LogP contribution in [-0.4, -0.2) is 11.6 Å². The second-order valence-electron chi connectivity index (χ2n) is 14.6. The topological polar surface area (TPSA) is 40.6 Å². The van der Waals surface area contributed by atoms with E-state index >= 15 is 0 Å². The molecule has 4 nitrogen and oxygen atoms in total. The Hall–Kier alpha value is -6.08. The van der Waals surface area contributed by atoms with Gasteiger partial charge < -0.3 is 9.80 Å². The summed E-state index contributed by atoms with van der Waals surface area (Å²) in [5.41, 5.74) is 12.6. The van der Waals surface area contributed by atoms with E-state index in [4.69, 9.17) is 0 Å². The van der Waals surface area contributed by atoms with Gasteiger partial charge in [-0.2, -0.15) is 0 Å². The molecule has 0 saturated heterocycles. The van der Waals surface area contributed by atoms with Crippen molar-refractivity contribution in [3.8, 4) is 22.3 Å². The van der Waals surface area contributed by atoms with Crippen LogP contribution in [0, 0.1) is 0 Å². The molecule has 268 valence electrons. The number of fused-ring (bicyclic) bond motifs is 4. The highest BCUT2D eigenvalue weighted by molar-refractivity contribution is 8.03. The molecule has 0 amide bonds. The first-order valence-electron chi connectivity index (χ1n) is 19.1. The summed E-state index contributed by atoms with van der Waals surface area (Å²) in [6, 6.07) is 45.5. The van der Waals surface area contributed by atoms with Crippen LogP contribution in [0.2, 0.25) is 0 Å². The van der Waals surface area contributed by atoms with Crippen LogP contribution in [0.4, 0.5) is 22.7 Å². The number of carbonyl (C=O) groups is 2. The Morgan fingerprint density at radius 3 is 1.29 bits per heavy atom. The van der Waals surface area contributed by atoms with Crippen LogP contribution < -0.4 is 9.80 Å². The second kappa shape index (κ2) is 13.3. The lowest BCUT2D eigenvalue weighted by molar-refractivity contribution is 0.0979. The zero-order valence-electron chi connectivity index (χ0n) is 30.4. The molecule has 6 heteroatoms. The van der Waals surface area contributed by atoms with E-state index in [0.717, 1.165) is 59.3 Å². The van der Waals surface area contributed by atoms with Crippen LogP contribution >= 0.6 is 23.5 Å². The van der Waals surface area contributed by atoms with Crippen LogP contribution in [0.5, 0.6) is 0 Å². The van der Waals surface area contributed by atoms with Crippen LogP contribution in [-0.2, 0) is 0 Å². The summed E-state index contributed by atoms with van der Waals surface area (Å²) in [5.74, 6) is -0.237. The average molecular weight is 759 g/mol. The Bertz CT molecular complexity index is 2600. The van der Waals surface area contributed by atoms with Crippen molar-refractivity contribution in [1.82, 2.24) is 0 Å².